The van der Waals surface area contributed by atoms with Gasteiger partial charge in [0.15, 0.2) is 0 Å². The Hall–Kier alpha value is -2.11. The maximum Gasteiger partial charge on any atom is 0.240 e. The van der Waals surface area contributed by atoms with Gasteiger partial charge in [0.1, 0.15) is 0 Å². The van der Waals surface area contributed by atoms with E-state index >= 15 is 0 Å². The molecule has 5 heteroatoms. The van der Waals surface area contributed by atoms with Crippen LogP contribution in [0.2, 0.25) is 0 Å². The number of para-hydroxylation sites is 1. The quantitative estimate of drug-likeness (QED) is 0.652. The Balaban J connectivity index is 1.57. The van der Waals surface area contributed by atoms with Gasteiger partial charge < -0.3 is 4.98 Å². The molecule has 4 rings (SSSR count). The average molecular weight is 397 g/mol. The van der Waals surface area contributed by atoms with Crippen LogP contribution in [0.4, 0.5) is 0 Å². The third-order valence-corrected chi connectivity index (χ3v) is 7.33. The normalized spacial score (nSPS) is 16.4. The van der Waals surface area contributed by atoms with E-state index in [0.717, 1.165) is 29.6 Å². The summed E-state index contributed by atoms with van der Waals surface area (Å²) < 4.78 is 28.6. The van der Waals surface area contributed by atoms with Gasteiger partial charge in [-0.1, -0.05) is 51.1 Å². The molecule has 1 aliphatic carbocycles. The highest BCUT2D eigenvalue weighted by molar-refractivity contribution is 7.89. The molecule has 1 aliphatic rings. The minimum atomic E-state index is -3.53. The Kier molecular flexibility index (Phi) is 4.43. The molecule has 0 radical (unpaired) electrons. The van der Waals surface area contributed by atoms with Crippen molar-refractivity contribution in [3.63, 3.8) is 0 Å². The predicted molar refractivity (Wildman–Crippen MR) is 114 cm³/mol. The Morgan fingerprint density at radius 1 is 1.04 bits per heavy atom. The Bertz CT molecular complexity index is 1120. The number of H-pyrrole nitrogens is 1. The summed E-state index contributed by atoms with van der Waals surface area (Å²) >= 11 is 0. The highest BCUT2D eigenvalue weighted by Crippen LogP contribution is 2.51. The molecular formula is C23H28N2O2S. The molecule has 0 atom stereocenters. The lowest BCUT2D eigenvalue weighted by Gasteiger charge is -2.20. The topological polar surface area (TPSA) is 62.0 Å². The van der Waals surface area contributed by atoms with Crippen molar-refractivity contribution < 1.29 is 8.42 Å². The van der Waals surface area contributed by atoms with Crippen LogP contribution >= 0.6 is 0 Å². The van der Waals surface area contributed by atoms with Gasteiger partial charge in [-0.15, -0.1) is 0 Å². The summed E-state index contributed by atoms with van der Waals surface area (Å²) in [7, 11) is -3.53. The Morgan fingerprint density at radius 3 is 2.29 bits per heavy atom. The number of rotatable bonds is 5. The molecule has 28 heavy (non-hydrogen) atoms. The summed E-state index contributed by atoms with van der Waals surface area (Å²) in [4.78, 5) is 3.77. The molecular weight excluding hydrogens is 368 g/mol. The zero-order valence-corrected chi connectivity index (χ0v) is 17.8. The summed E-state index contributed by atoms with van der Waals surface area (Å²) in [5.41, 5.74) is 4.52. The van der Waals surface area contributed by atoms with Crippen molar-refractivity contribution in [2.24, 2.45) is 0 Å². The minimum absolute atomic E-state index is 0.000652. The van der Waals surface area contributed by atoms with Gasteiger partial charge in [-0.2, -0.15) is 0 Å². The molecule has 1 fully saturated rings. The van der Waals surface area contributed by atoms with Crippen molar-refractivity contribution in [1.82, 2.24) is 9.71 Å². The van der Waals surface area contributed by atoms with E-state index in [4.69, 9.17) is 0 Å². The number of hydrogen-bond donors (Lipinski definition) is 2. The first-order valence-electron chi connectivity index (χ1n) is 9.80. The summed E-state index contributed by atoms with van der Waals surface area (Å²) in [5.74, 6) is 0. The molecule has 0 saturated heterocycles. The van der Waals surface area contributed by atoms with E-state index in [1.54, 1.807) is 12.1 Å². The van der Waals surface area contributed by atoms with Crippen LogP contribution in [0.15, 0.2) is 53.4 Å². The summed E-state index contributed by atoms with van der Waals surface area (Å²) in [5, 5.41) is 1.20. The zero-order chi connectivity index (χ0) is 20.2. The van der Waals surface area contributed by atoms with E-state index in [-0.39, 0.29) is 10.8 Å². The van der Waals surface area contributed by atoms with E-state index in [1.165, 1.54) is 10.9 Å². The van der Waals surface area contributed by atoms with Crippen molar-refractivity contribution in [1.29, 1.82) is 0 Å². The van der Waals surface area contributed by atoms with Crippen LogP contribution in [0.25, 0.3) is 10.9 Å². The van der Waals surface area contributed by atoms with Crippen LogP contribution in [0.5, 0.6) is 0 Å². The van der Waals surface area contributed by atoms with Crippen LogP contribution < -0.4 is 4.72 Å². The van der Waals surface area contributed by atoms with Crippen LogP contribution in [-0.2, 0) is 20.9 Å². The minimum Gasteiger partial charge on any atom is -0.358 e. The molecule has 0 bridgehead atoms. The number of nitrogens with one attached hydrogen (secondary N) is 2. The fraction of sp³-hybridized carbons (Fsp3) is 0.391. The van der Waals surface area contributed by atoms with E-state index in [1.807, 2.05) is 24.3 Å². The predicted octanol–water partition coefficient (Wildman–Crippen LogP) is 4.78. The molecule has 148 valence electrons. The second kappa shape index (κ2) is 6.46. The highest BCUT2D eigenvalue weighted by atomic mass is 32.2. The molecule has 2 aromatic carbocycles. The lowest BCUT2D eigenvalue weighted by molar-refractivity contribution is 0.566. The molecule has 1 saturated carbocycles. The third kappa shape index (κ3) is 3.38. The Labute approximate surface area is 167 Å². The average Bonchev–Trinajstić information content (AvgIpc) is 3.34. The number of fused-ring (bicyclic) bond motifs is 1. The van der Waals surface area contributed by atoms with Crippen LogP contribution in [-0.4, -0.2) is 19.9 Å². The van der Waals surface area contributed by atoms with Crippen LogP contribution in [0.3, 0.4) is 0 Å². The first-order valence-corrected chi connectivity index (χ1v) is 11.3. The molecule has 1 aromatic heterocycles. The van der Waals surface area contributed by atoms with E-state index in [0.29, 0.717) is 11.4 Å². The second-order valence-electron chi connectivity index (χ2n) is 9.05. The van der Waals surface area contributed by atoms with E-state index in [9.17, 15) is 8.42 Å². The van der Waals surface area contributed by atoms with Crippen molar-refractivity contribution in [3.05, 3.63) is 65.4 Å². The number of aromatic amines is 1. The van der Waals surface area contributed by atoms with E-state index < -0.39 is 10.0 Å². The molecule has 0 unspecified atom stereocenters. The maximum absolute atomic E-state index is 12.9. The highest BCUT2D eigenvalue weighted by Gasteiger charge is 2.47. The smallest absolute Gasteiger partial charge is 0.240 e. The lowest BCUT2D eigenvalue weighted by Crippen LogP contribution is -2.32. The first kappa shape index (κ1) is 19.2. The number of aromatic nitrogens is 1. The fourth-order valence-corrected chi connectivity index (χ4v) is 5.20. The Morgan fingerprint density at radius 2 is 1.68 bits per heavy atom. The largest absolute Gasteiger partial charge is 0.358 e. The molecule has 3 aromatic rings. The van der Waals surface area contributed by atoms with Gasteiger partial charge in [0, 0.05) is 28.6 Å². The molecule has 1 heterocycles. The first-order chi connectivity index (χ1) is 13.1. The molecule has 0 amide bonds. The number of benzene rings is 2. The van der Waals surface area contributed by atoms with Crippen molar-refractivity contribution >= 4 is 20.9 Å². The molecule has 0 spiro atoms. The lowest BCUT2D eigenvalue weighted by atomic mass is 9.87. The zero-order valence-electron chi connectivity index (χ0n) is 17.0. The molecule has 4 nitrogen and oxygen atoms in total. The van der Waals surface area contributed by atoms with Gasteiger partial charge in [-0.05, 0) is 54.5 Å². The van der Waals surface area contributed by atoms with Crippen LogP contribution in [0, 0.1) is 6.92 Å². The molecule has 2 N–H and O–H groups in total. The van der Waals surface area contributed by atoms with Gasteiger partial charge in [0.05, 0.1) is 4.90 Å². The van der Waals surface area contributed by atoms with Gasteiger partial charge >= 0.3 is 0 Å². The summed E-state index contributed by atoms with van der Waals surface area (Å²) in [6, 6.07) is 15.5. The van der Waals surface area contributed by atoms with Gasteiger partial charge in [0.2, 0.25) is 10.0 Å². The summed E-state index contributed by atoms with van der Waals surface area (Å²) in [6.45, 7) is 8.87. The number of aryl methyl sites for hydroxylation is 1. The summed E-state index contributed by atoms with van der Waals surface area (Å²) in [6.07, 6.45) is 2.00. The number of sulfonamides is 1. The standard InChI is InChI=1S/C23H28N2O2S/c1-16-21(19-7-5-6-8-20(19)25-16)23(13-14-23)15-24-28(26,27)18-11-9-17(10-12-18)22(2,3)4/h5-12,24-25H,13-15H2,1-4H3. The fourth-order valence-electron chi connectivity index (χ4n) is 4.08. The van der Waals surface area contributed by atoms with Crippen molar-refractivity contribution in [2.75, 3.05) is 6.54 Å². The monoisotopic (exact) mass is 396 g/mol. The van der Waals surface area contributed by atoms with Crippen LogP contribution in [0.1, 0.15) is 50.4 Å². The maximum atomic E-state index is 12.9. The number of hydrogen-bond acceptors (Lipinski definition) is 2. The van der Waals surface area contributed by atoms with Gasteiger partial charge in [-0.25, -0.2) is 13.1 Å². The van der Waals surface area contributed by atoms with Crippen molar-refractivity contribution in [2.45, 2.75) is 56.3 Å². The SMILES string of the molecule is Cc1[nH]c2ccccc2c1C1(CNS(=O)(=O)c2ccc(C(C)(C)C)cc2)CC1. The van der Waals surface area contributed by atoms with E-state index in [2.05, 4.69) is 49.5 Å². The third-order valence-electron chi connectivity index (χ3n) is 5.91. The molecule has 0 aliphatic heterocycles. The second-order valence-corrected chi connectivity index (χ2v) is 10.8. The van der Waals surface area contributed by atoms with Gasteiger partial charge in [0.25, 0.3) is 0 Å². The van der Waals surface area contributed by atoms with Gasteiger partial charge in [-0.3, -0.25) is 0 Å². The van der Waals surface area contributed by atoms with Crippen molar-refractivity contribution in [3.8, 4) is 0 Å².